The van der Waals surface area contributed by atoms with E-state index in [-0.39, 0.29) is 6.04 Å². The number of urea groups is 1. The zero-order chi connectivity index (χ0) is 14.5. The van der Waals surface area contributed by atoms with E-state index in [9.17, 15) is 14.7 Å². The Labute approximate surface area is 122 Å². The molecule has 0 saturated heterocycles. The van der Waals surface area contributed by atoms with Gasteiger partial charge >= 0.3 is 12.0 Å². The highest BCUT2D eigenvalue weighted by Gasteiger charge is 2.25. The van der Waals surface area contributed by atoms with Crippen molar-refractivity contribution in [3.63, 3.8) is 0 Å². The number of hydrogen-bond donors (Lipinski definition) is 3. The molecule has 6 heteroatoms. The number of benzene rings is 1. The monoisotopic (exact) mass is 296 g/mol. The van der Waals surface area contributed by atoms with Crippen molar-refractivity contribution < 1.29 is 14.7 Å². The summed E-state index contributed by atoms with van der Waals surface area (Å²) in [5.41, 5.74) is 0.378. The molecule has 108 valence electrons. The zero-order valence-corrected chi connectivity index (χ0v) is 11.7. The van der Waals surface area contributed by atoms with Gasteiger partial charge in [0.1, 0.15) is 0 Å². The second-order valence-corrected chi connectivity index (χ2v) is 5.30. The van der Waals surface area contributed by atoms with Crippen molar-refractivity contribution in [1.29, 1.82) is 0 Å². The second kappa shape index (κ2) is 6.61. The lowest BCUT2D eigenvalue weighted by Crippen LogP contribution is -2.44. The largest absolute Gasteiger partial charge is 0.479 e. The maximum absolute atomic E-state index is 11.9. The van der Waals surface area contributed by atoms with Gasteiger partial charge in [-0.05, 0) is 18.9 Å². The predicted octanol–water partition coefficient (Wildman–Crippen LogP) is 2.71. The molecule has 1 aromatic carbocycles. The van der Waals surface area contributed by atoms with Crippen LogP contribution in [0.15, 0.2) is 24.3 Å². The van der Waals surface area contributed by atoms with E-state index in [0.29, 0.717) is 10.6 Å². The fourth-order valence-electron chi connectivity index (χ4n) is 2.41. The van der Waals surface area contributed by atoms with Gasteiger partial charge in [-0.3, -0.25) is 0 Å². The van der Waals surface area contributed by atoms with Crippen molar-refractivity contribution in [1.82, 2.24) is 10.6 Å². The van der Waals surface area contributed by atoms with Crippen molar-refractivity contribution in [2.45, 2.75) is 37.8 Å². The molecule has 2 amide bonds. The Kier molecular flexibility index (Phi) is 4.84. The molecule has 1 aliphatic rings. The lowest BCUT2D eigenvalue weighted by Gasteiger charge is -2.18. The lowest BCUT2D eigenvalue weighted by atomic mass is 10.1. The molecule has 1 atom stereocenters. The highest BCUT2D eigenvalue weighted by molar-refractivity contribution is 6.31. The summed E-state index contributed by atoms with van der Waals surface area (Å²) >= 11 is 5.98. The Morgan fingerprint density at radius 3 is 2.50 bits per heavy atom. The first-order valence-electron chi connectivity index (χ1n) is 6.62. The van der Waals surface area contributed by atoms with Gasteiger partial charge in [0, 0.05) is 16.6 Å². The molecule has 1 aromatic rings. The SMILES string of the molecule is O=C(NC1CCCC1)N[C@@H](C(=O)O)c1ccccc1Cl. The Morgan fingerprint density at radius 1 is 1.25 bits per heavy atom. The van der Waals surface area contributed by atoms with Gasteiger partial charge in [-0.2, -0.15) is 0 Å². The highest BCUT2D eigenvalue weighted by atomic mass is 35.5. The molecule has 1 saturated carbocycles. The Morgan fingerprint density at radius 2 is 1.90 bits per heavy atom. The van der Waals surface area contributed by atoms with Crippen LogP contribution < -0.4 is 10.6 Å². The van der Waals surface area contributed by atoms with Gasteiger partial charge in [0.2, 0.25) is 0 Å². The molecule has 0 spiro atoms. The minimum Gasteiger partial charge on any atom is -0.479 e. The van der Waals surface area contributed by atoms with E-state index in [4.69, 9.17) is 11.6 Å². The van der Waals surface area contributed by atoms with E-state index >= 15 is 0 Å². The van der Waals surface area contributed by atoms with E-state index in [2.05, 4.69) is 10.6 Å². The standard InChI is InChI=1S/C14H17ClN2O3/c15-11-8-4-3-7-10(11)12(13(18)19)17-14(20)16-9-5-1-2-6-9/h3-4,7-9,12H,1-2,5-6H2,(H,18,19)(H2,16,17,20)/t12-/m1/s1. The fraction of sp³-hybridized carbons (Fsp3) is 0.429. The number of rotatable bonds is 4. The van der Waals surface area contributed by atoms with E-state index < -0.39 is 18.0 Å². The number of carbonyl (C=O) groups excluding carboxylic acids is 1. The summed E-state index contributed by atoms with van der Waals surface area (Å²) in [4.78, 5) is 23.2. The first-order valence-corrected chi connectivity index (χ1v) is 7.00. The van der Waals surface area contributed by atoms with Crippen LogP contribution in [0.5, 0.6) is 0 Å². The third kappa shape index (κ3) is 3.63. The first-order chi connectivity index (χ1) is 9.58. The normalized spacial score (nSPS) is 16.6. The third-order valence-electron chi connectivity index (χ3n) is 3.43. The van der Waals surface area contributed by atoms with Crippen LogP contribution in [0.25, 0.3) is 0 Å². The molecular weight excluding hydrogens is 280 g/mol. The molecule has 0 radical (unpaired) electrons. The molecule has 1 aliphatic carbocycles. The molecule has 5 nitrogen and oxygen atoms in total. The Bertz CT molecular complexity index is 501. The molecular formula is C14H17ClN2O3. The zero-order valence-electron chi connectivity index (χ0n) is 10.9. The average Bonchev–Trinajstić information content (AvgIpc) is 2.89. The predicted molar refractivity (Wildman–Crippen MR) is 75.8 cm³/mol. The summed E-state index contributed by atoms with van der Waals surface area (Å²) in [5.74, 6) is -1.14. The smallest absolute Gasteiger partial charge is 0.331 e. The van der Waals surface area contributed by atoms with Crippen LogP contribution in [0, 0.1) is 0 Å². The molecule has 0 heterocycles. The second-order valence-electron chi connectivity index (χ2n) is 4.89. The van der Waals surface area contributed by atoms with Crippen LogP contribution in [0.1, 0.15) is 37.3 Å². The van der Waals surface area contributed by atoms with Gasteiger partial charge < -0.3 is 15.7 Å². The van der Waals surface area contributed by atoms with Gasteiger partial charge in [0.05, 0.1) is 0 Å². The third-order valence-corrected chi connectivity index (χ3v) is 3.77. The molecule has 2 rings (SSSR count). The van der Waals surface area contributed by atoms with E-state index in [1.807, 2.05) is 0 Å². The van der Waals surface area contributed by atoms with Crippen molar-refractivity contribution >= 4 is 23.6 Å². The van der Waals surface area contributed by atoms with E-state index in [0.717, 1.165) is 25.7 Å². The highest BCUT2D eigenvalue weighted by Crippen LogP contribution is 2.23. The van der Waals surface area contributed by atoms with Crippen molar-refractivity contribution in [3.05, 3.63) is 34.9 Å². The number of carboxylic acid groups (broad SMARTS) is 1. The maximum Gasteiger partial charge on any atom is 0.331 e. The summed E-state index contributed by atoms with van der Waals surface area (Å²) in [5, 5.41) is 14.8. The van der Waals surface area contributed by atoms with Gasteiger partial charge in [-0.15, -0.1) is 0 Å². The van der Waals surface area contributed by atoms with Crippen LogP contribution in [-0.4, -0.2) is 23.1 Å². The minimum absolute atomic E-state index is 0.135. The minimum atomic E-state index is -1.15. The van der Waals surface area contributed by atoms with Crippen molar-refractivity contribution in [2.24, 2.45) is 0 Å². The van der Waals surface area contributed by atoms with Gasteiger partial charge in [-0.25, -0.2) is 9.59 Å². The number of aliphatic carboxylic acids is 1. The maximum atomic E-state index is 11.9. The van der Waals surface area contributed by atoms with Crippen molar-refractivity contribution in [3.8, 4) is 0 Å². The molecule has 20 heavy (non-hydrogen) atoms. The molecule has 0 aromatic heterocycles. The van der Waals surface area contributed by atoms with E-state index in [1.165, 1.54) is 0 Å². The molecule has 0 bridgehead atoms. The van der Waals surface area contributed by atoms with Crippen LogP contribution in [0.3, 0.4) is 0 Å². The fourth-order valence-corrected chi connectivity index (χ4v) is 2.65. The number of carbonyl (C=O) groups is 2. The quantitative estimate of drug-likeness (QED) is 0.799. The van der Waals surface area contributed by atoms with Crippen molar-refractivity contribution in [2.75, 3.05) is 0 Å². The summed E-state index contributed by atoms with van der Waals surface area (Å²) in [6.07, 6.45) is 4.07. The Balaban J connectivity index is 2.04. The summed E-state index contributed by atoms with van der Waals surface area (Å²) in [6.45, 7) is 0. The molecule has 0 aliphatic heterocycles. The van der Waals surface area contributed by atoms with E-state index in [1.54, 1.807) is 24.3 Å². The molecule has 3 N–H and O–H groups in total. The van der Waals surface area contributed by atoms with Gasteiger partial charge in [-0.1, -0.05) is 42.6 Å². The Hall–Kier alpha value is -1.75. The number of nitrogens with one attached hydrogen (secondary N) is 2. The van der Waals surface area contributed by atoms with Gasteiger partial charge in [0.15, 0.2) is 6.04 Å². The number of carboxylic acids is 1. The average molecular weight is 297 g/mol. The molecule has 1 fully saturated rings. The van der Waals surface area contributed by atoms with Crippen LogP contribution >= 0.6 is 11.6 Å². The van der Waals surface area contributed by atoms with Crippen LogP contribution in [0.4, 0.5) is 4.79 Å². The summed E-state index contributed by atoms with van der Waals surface area (Å²) in [6, 6.07) is 5.11. The summed E-state index contributed by atoms with van der Waals surface area (Å²) in [7, 11) is 0. The van der Waals surface area contributed by atoms with Crippen LogP contribution in [0.2, 0.25) is 5.02 Å². The first kappa shape index (κ1) is 14.7. The number of hydrogen-bond acceptors (Lipinski definition) is 2. The summed E-state index contributed by atoms with van der Waals surface area (Å²) < 4.78 is 0. The lowest BCUT2D eigenvalue weighted by molar-refractivity contribution is -0.139. The van der Waals surface area contributed by atoms with Gasteiger partial charge in [0.25, 0.3) is 0 Å². The van der Waals surface area contributed by atoms with Crippen LogP contribution in [-0.2, 0) is 4.79 Å². The number of halogens is 1. The topological polar surface area (TPSA) is 78.4 Å². The number of amides is 2. The molecule has 0 unspecified atom stereocenters.